The molecule has 1 aromatic heterocycles. The van der Waals surface area contributed by atoms with Crippen molar-refractivity contribution in [2.45, 2.75) is 44.2 Å². The first-order valence-corrected chi connectivity index (χ1v) is 7.95. The second kappa shape index (κ2) is 7.14. The average Bonchev–Trinajstić information content (AvgIpc) is 2.71. The summed E-state index contributed by atoms with van der Waals surface area (Å²) in [6.07, 6.45) is 7.14. The maximum Gasteiger partial charge on any atom is 0.190 e. The molecule has 0 unspecified atom stereocenters. The van der Waals surface area contributed by atoms with E-state index in [0.717, 1.165) is 29.2 Å². The lowest BCUT2D eigenvalue weighted by Crippen LogP contribution is -2.26. The number of thioether (sulfide) groups is 1. The molecule has 0 aromatic carbocycles. The molecule has 1 aliphatic carbocycles. The largest absolute Gasteiger partial charge is 0.316 e. The van der Waals surface area contributed by atoms with E-state index in [9.17, 15) is 0 Å². The molecule has 0 bridgehead atoms. The summed E-state index contributed by atoms with van der Waals surface area (Å²) >= 11 is 1.78. The van der Waals surface area contributed by atoms with Crippen LogP contribution in [0.2, 0.25) is 0 Å². The molecule has 0 radical (unpaired) electrons. The minimum Gasteiger partial charge on any atom is -0.316 e. The normalized spacial score (nSPS) is 17.2. The Morgan fingerprint density at radius 2 is 2.06 bits per heavy atom. The zero-order chi connectivity index (χ0) is 12.8. The molecule has 1 saturated carbocycles. The number of rotatable bonds is 6. The maximum atomic E-state index is 4.15. The van der Waals surface area contributed by atoms with Crippen LogP contribution in [-0.4, -0.2) is 33.6 Å². The fourth-order valence-corrected chi connectivity index (χ4v) is 3.28. The third-order valence-electron chi connectivity index (χ3n) is 3.72. The molecule has 1 N–H and O–H groups in total. The Morgan fingerprint density at radius 3 is 2.72 bits per heavy atom. The van der Waals surface area contributed by atoms with Crippen molar-refractivity contribution in [1.29, 1.82) is 0 Å². The lowest BCUT2D eigenvalue weighted by Gasteiger charge is -2.21. The van der Waals surface area contributed by atoms with E-state index in [1.807, 2.05) is 18.5 Å². The first-order valence-electron chi connectivity index (χ1n) is 6.97. The lowest BCUT2D eigenvalue weighted by molar-refractivity contribution is 0.345. The Labute approximate surface area is 114 Å². The van der Waals surface area contributed by atoms with E-state index in [1.54, 1.807) is 11.8 Å². The number of hydrogen-bond acceptors (Lipinski definition) is 4. The highest BCUT2D eigenvalue weighted by molar-refractivity contribution is 7.99. The van der Waals surface area contributed by atoms with Gasteiger partial charge >= 0.3 is 0 Å². The van der Waals surface area contributed by atoms with E-state index in [2.05, 4.69) is 15.5 Å². The van der Waals surface area contributed by atoms with Crippen LogP contribution in [0, 0.1) is 12.8 Å². The van der Waals surface area contributed by atoms with Crippen molar-refractivity contribution >= 4 is 11.8 Å². The summed E-state index contributed by atoms with van der Waals surface area (Å²) < 4.78 is 2.05. The third kappa shape index (κ3) is 3.99. The Morgan fingerprint density at radius 1 is 1.28 bits per heavy atom. The number of hydrogen-bond donors (Lipinski definition) is 1. The summed E-state index contributed by atoms with van der Waals surface area (Å²) in [6, 6.07) is 0. The van der Waals surface area contributed by atoms with E-state index >= 15 is 0 Å². The van der Waals surface area contributed by atoms with Crippen molar-refractivity contribution in [3.05, 3.63) is 5.82 Å². The SMILES string of the molecule is Cc1nnc(SCCNCC2CCCCC2)n1C. The van der Waals surface area contributed by atoms with Gasteiger partial charge in [-0.25, -0.2) is 0 Å². The molecule has 4 nitrogen and oxygen atoms in total. The topological polar surface area (TPSA) is 42.7 Å². The van der Waals surface area contributed by atoms with Gasteiger partial charge in [0, 0.05) is 19.3 Å². The lowest BCUT2D eigenvalue weighted by atomic mass is 9.89. The van der Waals surface area contributed by atoms with Crippen molar-refractivity contribution in [3.63, 3.8) is 0 Å². The summed E-state index contributed by atoms with van der Waals surface area (Å²) in [7, 11) is 2.02. The number of nitrogens with one attached hydrogen (secondary N) is 1. The smallest absolute Gasteiger partial charge is 0.190 e. The first-order chi connectivity index (χ1) is 8.77. The van der Waals surface area contributed by atoms with Gasteiger partial charge in [0.15, 0.2) is 5.16 Å². The van der Waals surface area contributed by atoms with Gasteiger partial charge in [0.05, 0.1) is 0 Å². The van der Waals surface area contributed by atoms with Crippen molar-refractivity contribution in [2.75, 3.05) is 18.8 Å². The van der Waals surface area contributed by atoms with Crippen LogP contribution in [0.25, 0.3) is 0 Å². The van der Waals surface area contributed by atoms with Crippen molar-refractivity contribution in [2.24, 2.45) is 13.0 Å². The summed E-state index contributed by atoms with van der Waals surface area (Å²) in [6.45, 7) is 4.24. The molecular formula is C13H24N4S. The molecule has 1 aromatic rings. The predicted octanol–water partition coefficient (Wildman–Crippen LogP) is 2.39. The molecule has 1 fully saturated rings. The second-order valence-electron chi connectivity index (χ2n) is 5.15. The fourth-order valence-electron chi connectivity index (χ4n) is 2.43. The quantitative estimate of drug-likeness (QED) is 0.635. The zero-order valence-electron chi connectivity index (χ0n) is 11.5. The Balaban J connectivity index is 1.57. The molecule has 1 aliphatic rings. The summed E-state index contributed by atoms with van der Waals surface area (Å²) in [5.41, 5.74) is 0. The minimum atomic E-state index is 0.917. The van der Waals surface area contributed by atoms with Crippen LogP contribution in [0.5, 0.6) is 0 Å². The summed E-state index contributed by atoms with van der Waals surface area (Å²) in [4.78, 5) is 0. The van der Waals surface area contributed by atoms with E-state index in [1.165, 1.54) is 38.6 Å². The third-order valence-corrected chi connectivity index (χ3v) is 4.74. The van der Waals surface area contributed by atoms with E-state index in [0.29, 0.717) is 0 Å². The minimum absolute atomic E-state index is 0.917. The molecule has 0 aliphatic heterocycles. The predicted molar refractivity (Wildman–Crippen MR) is 75.9 cm³/mol. The number of nitrogens with zero attached hydrogens (tertiary/aromatic N) is 3. The van der Waals surface area contributed by atoms with Gasteiger partial charge < -0.3 is 9.88 Å². The molecule has 2 rings (SSSR count). The number of aryl methyl sites for hydroxylation is 1. The van der Waals surface area contributed by atoms with Crippen LogP contribution in [0.3, 0.4) is 0 Å². The van der Waals surface area contributed by atoms with Gasteiger partial charge in [0.1, 0.15) is 5.82 Å². The molecule has 5 heteroatoms. The van der Waals surface area contributed by atoms with E-state index < -0.39 is 0 Å². The summed E-state index contributed by atoms with van der Waals surface area (Å²) in [5, 5.41) is 12.8. The van der Waals surface area contributed by atoms with Gasteiger partial charge in [-0.1, -0.05) is 31.0 Å². The van der Waals surface area contributed by atoms with Crippen molar-refractivity contribution < 1.29 is 0 Å². The maximum absolute atomic E-state index is 4.15. The van der Waals surface area contributed by atoms with Crippen LogP contribution in [0.1, 0.15) is 37.9 Å². The van der Waals surface area contributed by atoms with Crippen LogP contribution in [-0.2, 0) is 7.05 Å². The van der Waals surface area contributed by atoms with Gasteiger partial charge in [-0.05, 0) is 32.2 Å². The van der Waals surface area contributed by atoms with Gasteiger partial charge in [-0.15, -0.1) is 10.2 Å². The van der Waals surface area contributed by atoms with E-state index in [4.69, 9.17) is 0 Å². The van der Waals surface area contributed by atoms with E-state index in [-0.39, 0.29) is 0 Å². The van der Waals surface area contributed by atoms with Gasteiger partial charge in [0.25, 0.3) is 0 Å². The van der Waals surface area contributed by atoms with Crippen LogP contribution >= 0.6 is 11.8 Å². The molecular weight excluding hydrogens is 244 g/mol. The molecule has 1 heterocycles. The molecule has 0 saturated heterocycles. The van der Waals surface area contributed by atoms with Crippen LogP contribution in [0.15, 0.2) is 5.16 Å². The standard InChI is InChI=1S/C13H24N4S/c1-11-15-16-13(17(11)2)18-9-8-14-10-12-6-4-3-5-7-12/h12,14H,3-10H2,1-2H3. The monoisotopic (exact) mass is 268 g/mol. The van der Waals surface area contributed by atoms with Crippen molar-refractivity contribution in [1.82, 2.24) is 20.1 Å². The second-order valence-corrected chi connectivity index (χ2v) is 6.21. The molecule has 18 heavy (non-hydrogen) atoms. The molecule has 0 spiro atoms. The van der Waals surface area contributed by atoms with Crippen LogP contribution in [0.4, 0.5) is 0 Å². The number of aromatic nitrogens is 3. The van der Waals surface area contributed by atoms with Gasteiger partial charge in [0.2, 0.25) is 0 Å². The zero-order valence-corrected chi connectivity index (χ0v) is 12.3. The highest BCUT2D eigenvalue weighted by atomic mass is 32.2. The van der Waals surface area contributed by atoms with Crippen LogP contribution < -0.4 is 5.32 Å². The Kier molecular flexibility index (Phi) is 5.50. The van der Waals surface area contributed by atoms with Gasteiger partial charge in [-0.3, -0.25) is 0 Å². The highest BCUT2D eigenvalue weighted by Crippen LogP contribution is 2.22. The van der Waals surface area contributed by atoms with Gasteiger partial charge in [-0.2, -0.15) is 0 Å². The highest BCUT2D eigenvalue weighted by Gasteiger charge is 2.12. The molecule has 0 atom stereocenters. The van der Waals surface area contributed by atoms with Crippen molar-refractivity contribution in [3.8, 4) is 0 Å². The molecule has 102 valence electrons. The Bertz CT molecular complexity index is 358. The average molecular weight is 268 g/mol. The first kappa shape index (κ1) is 13.9. The Hall–Kier alpha value is -0.550. The summed E-state index contributed by atoms with van der Waals surface area (Å²) in [5.74, 6) is 2.96. The molecule has 0 amide bonds. The fraction of sp³-hybridized carbons (Fsp3) is 0.846.